The number of carbonyl (C=O) groups excluding carboxylic acids is 4. The van der Waals surface area contributed by atoms with Gasteiger partial charge >= 0.3 is 27.8 Å². The van der Waals surface area contributed by atoms with Crippen molar-refractivity contribution in [2.45, 2.75) is 69.1 Å². The molecule has 0 spiro atoms. The SMILES string of the molecule is COC(=O)N[C@H](Cc1ccc(OP(=O)(O)OC)cc1)C(=O)N1CCC[C@@H]1c1ncc(-c2ccc3c(c2)Cc2cc(-c4cnc([C@H]5CCCN5C(=O)[C@@H](Cc5ccc(OP(=O)(O)OC)cc5)NC(=O)OC)[nH]4)ccc2-3)[nH]1. The molecule has 2 aliphatic heterocycles. The zero-order chi connectivity index (χ0) is 53.0. The molecule has 75 heavy (non-hydrogen) atoms. The van der Waals surface area contributed by atoms with Crippen molar-refractivity contribution in [3.8, 4) is 45.1 Å². The van der Waals surface area contributed by atoms with Gasteiger partial charge < -0.3 is 48.9 Å². The highest BCUT2D eigenvalue weighted by Gasteiger charge is 2.38. The highest BCUT2D eigenvalue weighted by atomic mass is 31.2. The fraction of sp³-hybridized carbons (Fsp3) is 0.333. The van der Waals surface area contributed by atoms with E-state index in [1.807, 2.05) is 12.1 Å². The summed E-state index contributed by atoms with van der Waals surface area (Å²) in [5, 5.41) is 5.35. The predicted octanol–water partition coefficient (Wildman–Crippen LogP) is 7.55. The minimum absolute atomic E-state index is 0.0973. The van der Waals surface area contributed by atoms with Gasteiger partial charge in [-0.2, -0.15) is 0 Å². The number of fused-ring (bicyclic) bond motifs is 3. The zero-order valence-corrected chi connectivity index (χ0v) is 43.2. The van der Waals surface area contributed by atoms with Crippen LogP contribution in [0.4, 0.5) is 9.59 Å². The van der Waals surface area contributed by atoms with E-state index in [0.717, 1.165) is 71.8 Å². The van der Waals surface area contributed by atoms with Gasteiger partial charge in [-0.3, -0.25) is 28.4 Å². The second kappa shape index (κ2) is 22.3. The van der Waals surface area contributed by atoms with Crippen LogP contribution >= 0.6 is 15.6 Å². The molecule has 6 N–H and O–H groups in total. The first-order chi connectivity index (χ1) is 36.0. The fourth-order valence-electron chi connectivity index (χ4n) is 9.87. The molecule has 24 heteroatoms. The van der Waals surface area contributed by atoms with Crippen molar-refractivity contribution in [3.05, 3.63) is 131 Å². The van der Waals surface area contributed by atoms with Crippen molar-refractivity contribution < 1.29 is 65.7 Å². The molecule has 1 aliphatic carbocycles. The number of aromatic nitrogens is 4. The summed E-state index contributed by atoms with van der Waals surface area (Å²) in [5.74, 6) is 0.813. The number of nitrogens with zero attached hydrogens (tertiary/aromatic N) is 4. The Hall–Kier alpha value is -7.32. The maximum absolute atomic E-state index is 14.2. The summed E-state index contributed by atoms with van der Waals surface area (Å²) in [6.45, 7) is 0.906. The highest BCUT2D eigenvalue weighted by molar-refractivity contribution is 7.48. The Labute approximate surface area is 431 Å². The molecular weight excluding hydrogens is 1010 g/mol. The van der Waals surface area contributed by atoms with E-state index in [1.54, 1.807) is 46.5 Å². The van der Waals surface area contributed by atoms with Gasteiger partial charge in [0.05, 0.1) is 50.1 Å². The minimum atomic E-state index is -4.27. The Bertz CT molecular complexity index is 2980. The summed E-state index contributed by atoms with van der Waals surface area (Å²) < 4.78 is 52.5. The average Bonchev–Trinajstić information content (AvgIpc) is 4.28. The molecule has 0 saturated carbocycles. The number of likely N-dealkylation sites (tertiary alicyclic amines) is 2. The molecule has 0 bridgehead atoms. The maximum atomic E-state index is 14.2. The van der Waals surface area contributed by atoms with Gasteiger partial charge in [0.15, 0.2) is 0 Å². The van der Waals surface area contributed by atoms with E-state index in [9.17, 15) is 38.1 Å². The van der Waals surface area contributed by atoms with Crippen LogP contribution in [0.2, 0.25) is 0 Å². The Kier molecular flexibility index (Phi) is 15.6. The molecule has 0 radical (unpaired) electrons. The minimum Gasteiger partial charge on any atom is -0.453 e. The van der Waals surface area contributed by atoms with Crippen LogP contribution < -0.4 is 19.7 Å². The molecule has 9 rings (SSSR count). The molecule has 2 unspecified atom stereocenters. The first kappa shape index (κ1) is 52.5. The molecule has 2 fully saturated rings. The van der Waals surface area contributed by atoms with Gasteiger partial charge in [0.25, 0.3) is 0 Å². The van der Waals surface area contributed by atoms with E-state index in [4.69, 9.17) is 28.5 Å². The number of carbonyl (C=O) groups is 4. The van der Waals surface area contributed by atoms with Crippen LogP contribution in [0.25, 0.3) is 33.6 Å². The van der Waals surface area contributed by atoms with Crippen LogP contribution in [-0.2, 0) is 56.5 Å². The van der Waals surface area contributed by atoms with Crippen molar-refractivity contribution in [2.24, 2.45) is 0 Å². The number of hydrogen-bond acceptors (Lipinski definition) is 14. The van der Waals surface area contributed by atoms with Crippen molar-refractivity contribution in [2.75, 3.05) is 41.5 Å². The highest BCUT2D eigenvalue weighted by Crippen LogP contribution is 2.45. The number of imidazole rings is 2. The lowest BCUT2D eigenvalue weighted by Crippen LogP contribution is -2.49. The number of rotatable bonds is 18. The van der Waals surface area contributed by atoms with Gasteiger partial charge in [-0.05, 0) is 113 Å². The van der Waals surface area contributed by atoms with Crippen LogP contribution in [0.3, 0.4) is 0 Å². The van der Waals surface area contributed by atoms with Gasteiger partial charge in [0, 0.05) is 40.2 Å². The molecule has 4 aromatic carbocycles. The number of phosphoric ester groups is 2. The number of aromatic amines is 2. The third kappa shape index (κ3) is 12.0. The summed E-state index contributed by atoms with van der Waals surface area (Å²) in [6, 6.07) is 22.3. The summed E-state index contributed by atoms with van der Waals surface area (Å²) >= 11 is 0. The number of ether oxygens (including phenoxy) is 2. The predicted molar refractivity (Wildman–Crippen MR) is 271 cm³/mol. The Morgan fingerprint density at radius 1 is 0.627 bits per heavy atom. The van der Waals surface area contributed by atoms with Crippen LogP contribution in [0, 0.1) is 0 Å². The van der Waals surface area contributed by atoms with Crippen LogP contribution in [0.1, 0.15) is 71.7 Å². The molecule has 3 aliphatic rings. The topological polar surface area (TPSA) is 286 Å². The monoisotopic (exact) mass is 1070 g/mol. The number of phosphoric acid groups is 2. The summed E-state index contributed by atoms with van der Waals surface area (Å²) in [5.41, 5.74) is 9.28. The lowest BCUT2D eigenvalue weighted by atomic mass is 10.0. The summed E-state index contributed by atoms with van der Waals surface area (Å²) in [6.07, 6.45) is 5.68. The number of alkyl carbamates (subject to hydrolysis) is 2. The molecule has 4 heterocycles. The van der Waals surface area contributed by atoms with E-state index in [2.05, 4.69) is 53.9 Å². The average molecular weight is 1070 g/mol. The van der Waals surface area contributed by atoms with Gasteiger partial charge in [0.1, 0.15) is 35.2 Å². The van der Waals surface area contributed by atoms with Gasteiger partial charge in [-0.1, -0.05) is 48.5 Å². The number of amides is 4. The second-order valence-electron chi connectivity index (χ2n) is 18.2. The number of methoxy groups -OCH3 is 2. The van der Waals surface area contributed by atoms with Crippen LogP contribution in [0.5, 0.6) is 11.5 Å². The van der Waals surface area contributed by atoms with Crippen molar-refractivity contribution in [3.63, 3.8) is 0 Å². The first-order valence-corrected chi connectivity index (χ1v) is 27.0. The molecule has 4 amide bonds. The van der Waals surface area contributed by atoms with Gasteiger partial charge in [-0.25, -0.2) is 28.7 Å². The van der Waals surface area contributed by atoms with Crippen molar-refractivity contribution >= 4 is 39.6 Å². The third-order valence-corrected chi connectivity index (χ3v) is 15.4. The summed E-state index contributed by atoms with van der Waals surface area (Å²) in [4.78, 5) is 92.6. The molecule has 394 valence electrons. The Morgan fingerprint density at radius 2 is 1.03 bits per heavy atom. The van der Waals surface area contributed by atoms with E-state index in [0.29, 0.717) is 55.1 Å². The molecule has 6 atom stereocenters. The molecular formula is C51H56N8O14P2. The number of benzene rings is 4. The number of hydrogen-bond donors (Lipinski definition) is 6. The Morgan fingerprint density at radius 3 is 1.40 bits per heavy atom. The third-order valence-electron chi connectivity index (χ3n) is 13.6. The van der Waals surface area contributed by atoms with Crippen LogP contribution in [0.15, 0.2) is 97.3 Å². The lowest BCUT2D eigenvalue weighted by molar-refractivity contribution is -0.135. The summed E-state index contributed by atoms with van der Waals surface area (Å²) in [7, 11) is -3.97. The maximum Gasteiger partial charge on any atom is 0.527 e. The number of H-pyrrole nitrogens is 2. The van der Waals surface area contributed by atoms with Gasteiger partial charge in [0.2, 0.25) is 11.8 Å². The van der Waals surface area contributed by atoms with Gasteiger partial charge in [-0.15, -0.1) is 0 Å². The van der Waals surface area contributed by atoms with Crippen LogP contribution in [-0.4, -0.2) is 117 Å². The molecule has 6 aromatic rings. The van der Waals surface area contributed by atoms with E-state index >= 15 is 0 Å². The van der Waals surface area contributed by atoms with E-state index in [-0.39, 0.29) is 48.2 Å². The lowest BCUT2D eigenvalue weighted by Gasteiger charge is -2.28. The smallest absolute Gasteiger partial charge is 0.453 e. The van der Waals surface area contributed by atoms with E-state index < -0.39 is 39.9 Å². The molecule has 2 saturated heterocycles. The zero-order valence-electron chi connectivity index (χ0n) is 41.4. The fourth-order valence-corrected chi connectivity index (χ4v) is 10.8. The van der Waals surface area contributed by atoms with Crippen molar-refractivity contribution in [1.29, 1.82) is 0 Å². The second-order valence-corrected chi connectivity index (χ2v) is 21.2. The van der Waals surface area contributed by atoms with Crippen molar-refractivity contribution in [1.82, 2.24) is 40.4 Å². The Balaban J connectivity index is 0.857. The van der Waals surface area contributed by atoms with E-state index in [1.165, 1.54) is 38.5 Å². The molecule has 2 aromatic heterocycles. The first-order valence-electron chi connectivity index (χ1n) is 24.0. The number of nitrogens with one attached hydrogen (secondary N) is 4. The molecule has 22 nitrogen and oxygen atoms in total. The standard InChI is InChI=1S/C51H56N8O14P2/c1-68-50(62)56-40(23-30-9-15-36(16-10-30)72-74(64,65)70-3)48(60)58-21-5-7-44(58)46-52-28-42(54-46)32-13-19-38-34(25-32)27-35-26-33(14-20-39(35)38)43-29-53-47(55-43)45-8-6-22-59(45)49(61)41(57-51(63)69-2)24-31-11-17-37(18-12-31)73-75(66,67)71-4/h9-20,25-26,28-29,40-41,44-45H,5-8,21-24,27H2,1-4H3,(H,52,54)(H,53,55)(H,56,62)(H,57,63)(H,64,65)(H,66,67)/t40-,41-,44-,45-/m1/s1. The quantitative estimate of drug-likeness (QED) is 0.0452. The normalized spacial score (nSPS) is 18.2. The largest absolute Gasteiger partial charge is 0.527 e.